The van der Waals surface area contributed by atoms with Gasteiger partial charge in [0, 0.05) is 23.8 Å². The van der Waals surface area contributed by atoms with Crippen LogP contribution in [0.3, 0.4) is 0 Å². The lowest BCUT2D eigenvalue weighted by Crippen LogP contribution is -2.14. The molecule has 3 rings (SSSR count). The fourth-order valence-electron chi connectivity index (χ4n) is 2.46. The number of benzene rings is 2. The predicted octanol–water partition coefficient (Wildman–Crippen LogP) is 3.96. The van der Waals surface area contributed by atoms with E-state index in [1.807, 2.05) is 32.0 Å². The van der Waals surface area contributed by atoms with Crippen LogP contribution in [0.25, 0.3) is 0 Å². The van der Waals surface area contributed by atoms with Crippen molar-refractivity contribution in [1.82, 2.24) is 9.97 Å². The Kier molecular flexibility index (Phi) is 4.90. The van der Waals surface area contributed by atoms with E-state index in [1.165, 1.54) is 12.4 Å². The molecule has 0 saturated carbocycles. The Balaban J connectivity index is 1.70. The number of nitrogens with zero attached hydrogens (tertiary/aromatic N) is 3. The molecule has 0 aliphatic carbocycles. The normalized spacial score (nSPS) is 10.0. The van der Waals surface area contributed by atoms with E-state index in [1.54, 1.807) is 24.3 Å². The van der Waals surface area contributed by atoms with Crippen molar-refractivity contribution >= 4 is 23.2 Å². The lowest BCUT2D eigenvalue weighted by atomic mass is 10.1. The van der Waals surface area contributed by atoms with Crippen LogP contribution in [-0.4, -0.2) is 15.9 Å². The molecule has 0 fully saturated rings. The molecule has 1 heterocycles. The second-order valence-corrected chi connectivity index (χ2v) is 5.83. The zero-order valence-corrected chi connectivity index (χ0v) is 14.4. The number of hydrogen-bond donors (Lipinski definition) is 2. The molecule has 0 aliphatic heterocycles. The molecule has 0 unspecified atom stereocenters. The summed E-state index contributed by atoms with van der Waals surface area (Å²) in [7, 11) is 0. The average Bonchev–Trinajstić information content (AvgIpc) is 2.66. The van der Waals surface area contributed by atoms with Gasteiger partial charge in [-0.05, 0) is 49.2 Å². The molecule has 0 radical (unpaired) electrons. The number of aromatic nitrogens is 2. The third-order valence-corrected chi connectivity index (χ3v) is 3.90. The van der Waals surface area contributed by atoms with Crippen molar-refractivity contribution in [3.05, 3.63) is 77.1 Å². The van der Waals surface area contributed by atoms with Gasteiger partial charge in [0.15, 0.2) is 0 Å². The number of hydrogen-bond acceptors (Lipinski definition) is 5. The molecule has 2 N–H and O–H groups in total. The summed E-state index contributed by atoms with van der Waals surface area (Å²) >= 11 is 0. The second kappa shape index (κ2) is 7.45. The molecule has 1 aromatic heterocycles. The van der Waals surface area contributed by atoms with Crippen molar-refractivity contribution in [3.8, 4) is 6.07 Å². The van der Waals surface area contributed by atoms with Crippen LogP contribution in [0, 0.1) is 25.2 Å². The molecule has 0 saturated heterocycles. The summed E-state index contributed by atoms with van der Waals surface area (Å²) in [5.74, 6) is 0.116. The first-order chi connectivity index (χ1) is 12.6. The zero-order valence-electron chi connectivity index (χ0n) is 14.4. The molecule has 3 aromatic rings. The molecule has 6 heteroatoms. The minimum Gasteiger partial charge on any atom is -0.324 e. The highest BCUT2D eigenvalue weighted by molar-refractivity contribution is 6.04. The summed E-state index contributed by atoms with van der Waals surface area (Å²) in [6.45, 7) is 3.90. The molecule has 1 amide bonds. The van der Waals surface area contributed by atoms with Crippen molar-refractivity contribution in [2.24, 2.45) is 0 Å². The minimum atomic E-state index is -0.257. The van der Waals surface area contributed by atoms with Crippen molar-refractivity contribution in [2.75, 3.05) is 10.6 Å². The van der Waals surface area contributed by atoms with Crippen LogP contribution in [0.15, 0.2) is 54.9 Å². The van der Waals surface area contributed by atoms with Gasteiger partial charge >= 0.3 is 0 Å². The topological polar surface area (TPSA) is 90.7 Å². The van der Waals surface area contributed by atoms with Crippen LogP contribution in [0.2, 0.25) is 0 Å². The number of rotatable bonds is 4. The third kappa shape index (κ3) is 3.84. The van der Waals surface area contributed by atoms with E-state index in [0.29, 0.717) is 17.1 Å². The summed E-state index contributed by atoms with van der Waals surface area (Å²) < 4.78 is 0. The maximum atomic E-state index is 12.4. The number of para-hydroxylation sites is 1. The summed E-state index contributed by atoms with van der Waals surface area (Å²) in [6, 6.07) is 14.9. The van der Waals surface area contributed by atoms with E-state index < -0.39 is 0 Å². The van der Waals surface area contributed by atoms with Crippen molar-refractivity contribution in [2.45, 2.75) is 13.8 Å². The van der Waals surface area contributed by atoms with Gasteiger partial charge in [0.1, 0.15) is 0 Å². The highest BCUT2D eigenvalue weighted by atomic mass is 16.1. The first-order valence-electron chi connectivity index (χ1n) is 8.03. The number of carbonyl (C=O) groups is 1. The molecular weight excluding hydrogens is 326 g/mol. The van der Waals surface area contributed by atoms with Crippen LogP contribution in [0.5, 0.6) is 0 Å². The molecular formula is C20H17N5O. The summed E-state index contributed by atoms with van der Waals surface area (Å²) in [4.78, 5) is 20.8. The summed E-state index contributed by atoms with van der Waals surface area (Å²) in [6.07, 6.45) is 2.95. The number of carbonyl (C=O) groups excluding carboxylic acids is 1. The number of nitrogens with one attached hydrogen (secondary N) is 2. The average molecular weight is 343 g/mol. The van der Waals surface area contributed by atoms with E-state index in [-0.39, 0.29) is 5.91 Å². The van der Waals surface area contributed by atoms with Crippen LogP contribution in [0.1, 0.15) is 27.0 Å². The first kappa shape index (κ1) is 17.1. The van der Waals surface area contributed by atoms with Gasteiger partial charge in [0.25, 0.3) is 5.91 Å². The Morgan fingerprint density at radius 2 is 1.62 bits per heavy atom. The second-order valence-electron chi connectivity index (χ2n) is 5.83. The van der Waals surface area contributed by atoms with Gasteiger partial charge < -0.3 is 10.6 Å². The standard InChI is InChI=1S/C20H17N5O/c1-13-4-3-5-14(2)18(13)25-19(26)16-11-22-20(23-12-16)24-17-8-6-15(10-21)7-9-17/h3-9,11-12H,1-2H3,(H,25,26)(H,22,23,24). The highest BCUT2D eigenvalue weighted by Crippen LogP contribution is 2.20. The lowest BCUT2D eigenvalue weighted by molar-refractivity contribution is 0.102. The molecule has 2 aromatic carbocycles. The van der Waals surface area contributed by atoms with Gasteiger partial charge in [0.2, 0.25) is 5.95 Å². The van der Waals surface area contributed by atoms with Crippen LogP contribution in [-0.2, 0) is 0 Å². The van der Waals surface area contributed by atoms with Crippen molar-refractivity contribution in [1.29, 1.82) is 5.26 Å². The fraction of sp³-hybridized carbons (Fsp3) is 0.100. The molecule has 0 spiro atoms. The van der Waals surface area contributed by atoms with Gasteiger partial charge in [0.05, 0.1) is 17.2 Å². The largest absolute Gasteiger partial charge is 0.324 e. The quantitative estimate of drug-likeness (QED) is 0.748. The Labute approximate surface area is 151 Å². The summed E-state index contributed by atoms with van der Waals surface area (Å²) in [5.41, 5.74) is 4.51. The summed E-state index contributed by atoms with van der Waals surface area (Å²) in [5, 5.41) is 14.7. The molecule has 0 atom stereocenters. The Morgan fingerprint density at radius 1 is 1.00 bits per heavy atom. The highest BCUT2D eigenvalue weighted by Gasteiger charge is 2.11. The molecule has 0 bridgehead atoms. The number of amides is 1. The van der Waals surface area contributed by atoms with Gasteiger partial charge in [-0.25, -0.2) is 9.97 Å². The smallest absolute Gasteiger partial charge is 0.258 e. The first-order valence-corrected chi connectivity index (χ1v) is 8.03. The number of aryl methyl sites for hydroxylation is 2. The molecule has 0 aliphatic rings. The monoisotopic (exact) mass is 343 g/mol. The van der Waals surface area contributed by atoms with E-state index >= 15 is 0 Å². The van der Waals surface area contributed by atoms with Crippen LogP contribution in [0.4, 0.5) is 17.3 Å². The molecule has 26 heavy (non-hydrogen) atoms. The van der Waals surface area contributed by atoms with E-state index in [9.17, 15) is 4.79 Å². The predicted molar refractivity (Wildman–Crippen MR) is 100 cm³/mol. The van der Waals surface area contributed by atoms with Gasteiger partial charge in [-0.3, -0.25) is 4.79 Å². The number of anilines is 3. The molecule has 6 nitrogen and oxygen atoms in total. The third-order valence-electron chi connectivity index (χ3n) is 3.90. The van der Waals surface area contributed by atoms with E-state index in [2.05, 4.69) is 26.7 Å². The Bertz CT molecular complexity index is 952. The zero-order chi connectivity index (χ0) is 18.5. The maximum Gasteiger partial charge on any atom is 0.258 e. The van der Waals surface area contributed by atoms with Gasteiger partial charge in [-0.15, -0.1) is 0 Å². The number of nitriles is 1. The molecule has 128 valence electrons. The van der Waals surface area contributed by atoms with Crippen LogP contribution < -0.4 is 10.6 Å². The van der Waals surface area contributed by atoms with Crippen molar-refractivity contribution < 1.29 is 4.79 Å². The van der Waals surface area contributed by atoms with Crippen molar-refractivity contribution in [3.63, 3.8) is 0 Å². The Hall–Kier alpha value is -3.72. The van der Waals surface area contributed by atoms with Gasteiger partial charge in [-0.2, -0.15) is 5.26 Å². The Morgan fingerprint density at radius 3 is 2.19 bits per heavy atom. The van der Waals surface area contributed by atoms with E-state index in [0.717, 1.165) is 22.5 Å². The fourth-order valence-corrected chi connectivity index (χ4v) is 2.46. The maximum absolute atomic E-state index is 12.4. The van der Waals surface area contributed by atoms with Gasteiger partial charge in [-0.1, -0.05) is 18.2 Å². The van der Waals surface area contributed by atoms with E-state index in [4.69, 9.17) is 5.26 Å². The lowest BCUT2D eigenvalue weighted by Gasteiger charge is -2.11. The van der Waals surface area contributed by atoms with Crippen LogP contribution >= 0.6 is 0 Å². The SMILES string of the molecule is Cc1cccc(C)c1NC(=O)c1cnc(Nc2ccc(C#N)cc2)nc1. The minimum absolute atomic E-state index is 0.257.